The van der Waals surface area contributed by atoms with Crippen LogP contribution < -0.4 is 10.1 Å². The zero-order valence-corrected chi connectivity index (χ0v) is 18.8. The molecule has 1 heterocycles. The highest BCUT2D eigenvalue weighted by atomic mass is 16.5. The number of ether oxygens (including phenoxy) is 1. The fraction of sp³-hybridized carbons (Fsp3) is 0.172. The third-order valence-electron chi connectivity index (χ3n) is 6.36. The van der Waals surface area contributed by atoms with Crippen LogP contribution in [0.25, 0.3) is 32.8 Å². The molecule has 160 valence electrons. The van der Waals surface area contributed by atoms with Crippen LogP contribution in [0.5, 0.6) is 5.75 Å². The molecule has 0 saturated carbocycles. The van der Waals surface area contributed by atoms with Gasteiger partial charge in [-0.1, -0.05) is 54.6 Å². The van der Waals surface area contributed by atoms with Gasteiger partial charge in [0.1, 0.15) is 5.75 Å². The highest BCUT2D eigenvalue weighted by molar-refractivity contribution is 5.87. The van der Waals surface area contributed by atoms with E-state index in [0.29, 0.717) is 0 Å². The monoisotopic (exact) mass is 420 g/mol. The Hall–Kier alpha value is -3.56. The van der Waals surface area contributed by atoms with Crippen LogP contribution in [0.1, 0.15) is 24.1 Å². The van der Waals surface area contributed by atoms with Gasteiger partial charge < -0.3 is 14.6 Å². The van der Waals surface area contributed by atoms with Gasteiger partial charge in [0.15, 0.2) is 0 Å². The van der Waals surface area contributed by atoms with Crippen molar-refractivity contribution >= 4 is 21.7 Å². The van der Waals surface area contributed by atoms with Gasteiger partial charge in [-0.3, -0.25) is 0 Å². The maximum Gasteiger partial charge on any atom is 0.126 e. The maximum atomic E-state index is 5.69. The molecular weight excluding hydrogens is 392 g/mol. The summed E-state index contributed by atoms with van der Waals surface area (Å²) in [6, 6.07) is 30.6. The highest BCUT2D eigenvalue weighted by Gasteiger charge is 2.12. The van der Waals surface area contributed by atoms with Crippen molar-refractivity contribution in [2.45, 2.75) is 19.5 Å². The van der Waals surface area contributed by atoms with Gasteiger partial charge in [0, 0.05) is 42.3 Å². The molecule has 0 aliphatic carbocycles. The van der Waals surface area contributed by atoms with Crippen LogP contribution in [0.3, 0.4) is 0 Å². The number of rotatable bonds is 6. The fourth-order valence-corrected chi connectivity index (χ4v) is 4.55. The topological polar surface area (TPSA) is 26.2 Å². The third-order valence-corrected chi connectivity index (χ3v) is 6.36. The number of fused-ring (bicyclic) bond motifs is 2. The first kappa shape index (κ1) is 20.3. The minimum Gasteiger partial charge on any atom is -0.496 e. The lowest BCUT2D eigenvalue weighted by Gasteiger charge is -2.18. The van der Waals surface area contributed by atoms with E-state index in [1.54, 1.807) is 7.11 Å². The molecule has 0 amide bonds. The molecule has 0 aliphatic heterocycles. The summed E-state index contributed by atoms with van der Waals surface area (Å²) in [6.07, 6.45) is 2.10. The molecular formula is C29H28N2O. The number of nitrogens with zero attached hydrogens (tertiary/aromatic N) is 1. The molecule has 0 bridgehead atoms. The Morgan fingerprint density at radius 1 is 0.875 bits per heavy atom. The number of aryl methyl sites for hydroxylation is 1. The van der Waals surface area contributed by atoms with Gasteiger partial charge in [0.2, 0.25) is 0 Å². The summed E-state index contributed by atoms with van der Waals surface area (Å²) in [5, 5.41) is 7.53. The number of methoxy groups -OCH3 is 1. The van der Waals surface area contributed by atoms with E-state index in [-0.39, 0.29) is 6.04 Å². The van der Waals surface area contributed by atoms with Gasteiger partial charge in [-0.25, -0.2) is 0 Å². The van der Waals surface area contributed by atoms with Crippen LogP contribution in [0.4, 0.5) is 0 Å². The Kier molecular flexibility index (Phi) is 5.42. The molecule has 0 spiro atoms. The summed E-state index contributed by atoms with van der Waals surface area (Å²) in [4.78, 5) is 0. The van der Waals surface area contributed by atoms with Gasteiger partial charge in [-0.15, -0.1) is 0 Å². The number of hydrogen-bond donors (Lipinski definition) is 1. The molecule has 32 heavy (non-hydrogen) atoms. The van der Waals surface area contributed by atoms with E-state index in [4.69, 9.17) is 4.74 Å². The molecule has 0 aliphatic rings. The number of benzene rings is 4. The Balaban J connectivity index is 1.42. The lowest BCUT2D eigenvalue weighted by molar-refractivity contribution is 0.416. The maximum absolute atomic E-state index is 5.69. The molecule has 1 unspecified atom stereocenters. The van der Waals surface area contributed by atoms with Crippen LogP contribution in [-0.2, 0) is 13.6 Å². The van der Waals surface area contributed by atoms with E-state index < -0.39 is 0 Å². The van der Waals surface area contributed by atoms with E-state index in [0.717, 1.165) is 17.9 Å². The van der Waals surface area contributed by atoms with Crippen molar-refractivity contribution in [2.24, 2.45) is 7.05 Å². The summed E-state index contributed by atoms with van der Waals surface area (Å²) in [5.41, 5.74) is 6.08. The molecule has 1 N–H and O–H groups in total. The average molecular weight is 421 g/mol. The molecule has 1 atom stereocenters. The second kappa shape index (κ2) is 8.52. The quantitative estimate of drug-likeness (QED) is 0.325. The molecule has 3 heteroatoms. The second-order valence-electron chi connectivity index (χ2n) is 8.41. The second-order valence-corrected chi connectivity index (χ2v) is 8.41. The first-order valence-electron chi connectivity index (χ1n) is 11.1. The number of hydrogen-bond acceptors (Lipinski definition) is 2. The Morgan fingerprint density at radius 2 is 1.72 bits per heavy atom. The summed E-state index contributed by atoms with van der Waals surface area (Å²) < 4.78 is 7.83. The zero-order valence-electron chi connectivity index (χ0n) is 18.8. The molecule has 5 rings (SSSR count). The fourth-order valence-electron chi connectivity index (χ4n) is 4.55. The van der Waals surface area contributed by atoms with E-state index in [1.807, 2.05) is 0 Å². The average Bonchev–Trinajstić information content (AvgIpc) is 3.22. The first-order valence-corrected chi connectivity index (χ1v) is 11.1. The van der Waals surface area contributed by atoms with Gasteiger partial charge in [-0.2, -0.15) is 0 Å². The van der Waals surface area contributed by atoms with Gasteiger partial charge in [0.05, 0.1) is 7.11 Å². The van der Waals surface area contributed by atoms with Crippen LogP contribution in [0.15, 0.2) is 91.1 Å². The van der Waals surface area contributed by atoms with Gasteiger partial charge in [-0.05, 0) is 64.7 Å². The van der Waals surface area contributed by atoms with E-state index in [1.165, 1.54) is 38.4 Å². The van der Waals surface area contributed by atoms with Crippen LogP contribution in [0.2, 0.25) is 0 Å². The highest BCUT2D eigenvalue weighted by Crippen LogP contribution is 2.33. The predicted octanol–water partition coefficient (Wildman–Crippen LogP) is 6.86. The van der Waals surface area contributed by atoms with Crippen LogP contribution in [-0.4, -0.2) is 11.7 Å². The molecule has 3 nitrogen and oxygen atoms in total. The smallest absolute Gasteiger partial charge is 0.126 e. The Morgan fingerprint density at radius 3 is 2.59 bits per heavy atom. The van der Waals surface area contributed by atoms with Gasteiger partial charge in [0.25, 0.3) is 0 Å². The number of aromatic nitrogens is 1. The minimum absolute atomic E-state index is 0.243. The third kappa shape index (κ3) is 3.76. The van der Waals surface area contributed by atoms with Crippen LogP contribution >= 0.6 is 0 Å². The molecule has 0 radical (unpaired) electrons. The predicted molar refractivity (Wildman–Crippen MR) is 134 cm³/mol. The van der Waals surface area contributed by atoms with Crippen molar-refractivity contribution < 1.29 is 4.74 Å². The van der Waals surface area contributed by atoms with Crippen molar-refractivity contribution in [3.05, 3.63) is 102 Å². The number of nitrogens with one attached hydrogen (secondary N) is 1. The molecule has 4 aromatic carbocycles. The molecule has 0 fully saturated rings. The van der Waals surface area contributed by atoms with Crippen molar-refractivity contribution in [3.8, 4) is 16.9 Å². The summed E-state index contributed by atoms with van der Waals surface area (Å²) in [6.45, 7) is 3.02. The van der Waals surface area contributed by atoms with Crippen LogP contribution in [0, 0.1) is 0 Å². The summed E-state index contributed by atoms with van der Waals surface area (Å²) in [7, 11) is 3.81. The van der Waals surface area contributed by atoms with Crippen molar-refractivity contribution in [1.82, 2.24) is 9.88 Å². The van der Waals surface area contributed by atoms with E-state index in [2.05, 4.69) is 115 Å². The standard InChI is InChI=1S/C29H28N2O/c1-20(25-10-6-8-22-7-4-5-9-26(22)25)30-19-21-11-14-29(32-3)27(17-21)23-12-13-28-24(18-23)15-16-31(28)2/h4-18,20,30H,19H2,1-3H3. The van der Waals surface area contributed by atoms with E-state index >= 15 is 0 Å². The first-order chi connectivity index (χ1) is 15.6. The van der Waals surface area contributed by atoms with Gasteiger partial charge >= 0.3 is 0 Å². The Bertz CT molecular complexity index is 1390. The van der Waals surface area contributed by atoms with Crippen molar-refractivity contribution in [3.63, 3.8) is 0 Å². The molecule has 1 aromatic heterocycles. The van der Waals surface area contributed by atoms with Crippen molar-refractivity contribution in [1.29, 1.82) is 0 Å². The molecule has 5 aromatic rings. The van der Waals surface area contributed by atoms with E-state index in [9.17, 15) is 0 Å². The largest absolute Gasteiger partial charge is 0.496 e. The zero-order chi connectivity index (χ0) is 22.1. The minimum atomic E-state index is 0.243. The Labute approximate surface area is 189 Å². The van der Waals surface area contributed by atoms with Crippen molar-refractivity contribution in [2.75, 3.05) is 7.11 Å². The molecule has 0 saturated heterocycles. The lowest BCUT2D eigenvalue weighted by atomic mass is 9.98. The summed E-state index contributed by atoms with van der Waals surface area (Å²) >= 11 is 0. The normalized spacial score (nSPS) is 12.3. The summed E-state index contributed by atoms with van der Waals surface area (Å²) in [5.74, 6) is 0.895. The SMILES string of the molecule is COc1ccc(CNC(C)c2cccc3ccccc23)cc1-c1ccc2c(ccn2C)c1. The lowest BCUT2D eigenvalue weighted by Crippen LogP contribution is -2.18.